The molecule has 106 valence electrons. The van der Waals surface area contributed by atoms with E-state index in [2.05, 4.69) is 19.1 Å². The van der Waals surface area contributed by atoms with Gasteiger partial charge in [-0.25, -0.2) is 0 Å². The number of hydrogen-bond donors (Lipinski definition) is 0. The number of aryl methyl sites for hydroxylation is 1. The van der Waals surface area contributed by atoms with Crippen LogP contribution in [0.2, 0.25) is 0 Å². The fraction of sp³-hybridized carbons (Fsp3) is 0.625. The van der Waals surface area contributed by atoms with Crippen LogP contribution in [0.5, 0.6) is 5.75 Å². The van der Waals surface area contributed by atoms with E-state index >= 15 is 0 Å². The number of hydrogen-bond acceptors (Lipinski definition) is 3. The summed E-state index contributed by atoms with van der Waals surface area (Å²) in [4.78, 5) is 0. The van der Waals surface area contributed by atoms with E-state index in [1.54, 1.807) is 0 Å². The molecule has 0 saturated carbocycles. The second-order valence-electron chi connectivity index (χ2n) is 4.91. The fourth-order valence-electron chi connectivity index (χ4n) is 2.26. The lowest BCUT2D eigenvalue weighted by molar-refractivity contribution is -0.165. The molecule has 1 aliphatic heterocycles. The molecule has 0 aliphatic carbocycles. The van der Waals surface area contributed by atoms with Crippen molar-refractivity contribution in [1.29, 1.82) is 0 Å². The first-order chi connectivity index (χ1) is 9.38. The van der Waals surface area contributed by atoms with Crippen LogP contribution in [0, 0.1) is 0 Å². The molecule has 0 spiro atoms. The van der Waals surface area contributed by atoms with Crippen LogP contribution in [-0.4, -0.2) is 26.1 Å². The Hall–Kier alpha value is -1.06. The fourth-order valence-corrected chi connectivity index (χ4v) is 2.26. The molecule has 0 bridgehead atoms. The first-order valence-corrected chi connectivity index (χ1v) is 7.33. The zero-order valence-corrected chi connectivity index (χ0v) is 11.8. The third-order valence-corrected chi connectivity index (χ3v) is 3.23. The molecule has 0 N–H and O–H groups in total. The minimum absolute atomic E-state index is 0.0243. The van der Waals surface area contributed by atoms with E-state index in [1.165, 1.54) is 12.0 Å². The molecule has 1 aliphatic rings. The molecule has 3 nitrogen and oxygen atoms in total. The summed E-state index contributed by atoms with van der Waals surface area (Å²) in [7, 11) is 0. The highest BCUT2D eigenvalue weighted by Crippen LogP contribution is 2.16. The molecule has 0 amide bonds. The second-order valence-corrected chi connectivity index (χ2v) is 4.91. The molecule has 1 saturated heterocycles. The molecule has 1 heterocycles. The van der Waals surface area contributed by atoms with Crippen molar-refractivity contribution in [3.8, 4) is 5.75 Å². The molecule has 3 heteroatoms. The van der Waals surface area contributed by atoms with Gasteiger partial charge in [-0.05, 0) is 43.4 Å². The Morgan fingerprint density at radius 2 is 2.21 bits per heavy atom. The summed E-state index contributed by atoms with van der Waals surface area (Å²) in [5, 5.41) is 0. The number of rotatable bonds is 7. The number of ether oxygens (including phenoxy) is 3. The summed E-state index contributed by atoms with van der Waals surface area (Å²) >= 11 is 0. The Morgan fingerprint density at radius 1 is 1.26 bits per heavy atom. The van der Waals surface area contributed by atoms with Crippen LogP contribution in [0.25, 0.3) is 0 Å². The van der Waals surface area contributed by atoms with Crippen LogP contribution < -0.4 is 4.74 Å². The van der Waals surface area contributed by atoms with Gasteiger partial charge in [0.2, 0.25) is 0 Å². The van der Waals surface area contributed by atoms with E-state index in [0.29, 0.717) is 13.2 Å². The maximum atomic E-state index is 5.70. The van der Waals surface area contributed by atoms with E-state index in [1.807, 2.05) is 12.1 Å². The van der Waals surface area contributed by atoms with Gasteiger partial charge in [-0.15, -0.1) is 0 Å². The molecule has 1 fully saturated rings. The van der Waals surface area contributed by atoms with Gasteiger partial charge in [-0.1, -0.05) is 25.5 Å². The van der Waals surface area contributed by atoms with Crippen molar-refractivity contribution in [3.05, 3.63) is 29.8 Å². The molecular weight excluding hydrogens is 240 g/mol. The first kappa shape index (κ1) is 14.4. The average Bonchev–Trinajstić information content (AvgIpc) is 2.46. The van der Waals surface area contributed by atoms with Gasteiger partial charge in [0.05, 0.1) is 6.61 Å². The van der Waals surface area contributed by atoms with Crippen LogP contribution in [0.3, 0.4) is 0 Å². The van der Waals surface area contributed by atoms with Crippen molar-refractivity contribution in [2.75, 3.05) is 19.8 Å². The summed E-state index contributed by atoms with van der Waals surface area (Å²) < 4.78 is 16.8. The van der Waals surface area contributed by atoms with Gasteiger partial charge in [0.1, 0.15) is 12.4 Å². The lowest BCUT2D eigenvalue weighted by Crippen LogP contribution is -2.24. The highest BCUT2D eigenvalue weighted by Gasteiger charge is 2.13. The predicted molar refractivity (Wildman–Crippen MR) is 75.5 cm³/mol. The Morgan fingerprint density at radius 3 is 3.00 bits per heavy atom. The summed E-state index contributed by atoms with van der Waals surface area (Å²) in [5.74, 6) is 0.930. The largest absolute Gasteiger partial charge is 0.491 e. The van der Waals surface area contributed by atoms with E-state index in [9.17, 15) is 0 Å². The zero-order valence-electron chi connectivity index (χ0n) is 11.8. The van der Waals surface area contributed by atoms with Crippen molar-refractivity contribution >= 4 is 0 Å². The standard InChI is InChI=1S/C16H24O3/c1-2-6-14-7-5-8-15(13-14)17-11-12-19-16-9-3-4-10-18-16/h5,7-8,13,16H,2-4,6,9-12H2,1H3. The van der Waals surface area contributed by atoms with E-state index < -0.39 is 0 Å². The van der Waals surface area contributed by atoms with Crippen molar-refractivity contribution in [3.63, 3.8) is 0 Å². The Bertz CT molecular complexity index is 359. The smallest absolute Gasteiger partial charge is 0.157 e. The Labute approximate surface area is 115 Å². The minimum Gasteiger partial charge on any atom is -0.491 e. The lowest BCUT2D eigenvalue weighted by Gasteiger charge is -2.22. The van der Waals surface area contributed by atoms with Crippen LogP contribution in [0.1, 0.15) is 38.2 Å². The van der Waals surface area contributed by atoms with Gasteiger partial charge in [-0.2, -0.15) is 0 Å². The molecule has 0 radical (unpaired) electrons. The highest BCUT2D eigenvalue weighted by atomic mass is 16.7. The SMILES string of the molecule is CCCc1cccc(OCCOC2CCCCO2)c1. The topological polar surface area (TPSA) is 27.7 Å². The molecule has 1 atom stereocenters. The third kappa shape index (κ3) is 5.21. The van der Waals surface area contributed by atoms with Crippen LogP contribution in [0.15, 0.2) is 24.3 Å². The monoisotopic (exact) mass is 264 g/mol. The predicted octanol–water partition coefficient (Wildman–Crippen LogP) is 3.56. The highest BCUT2D eigenvalue weighted by molar-refractivity contribution is 5.28. The molecule has 19 heavy (non-hydrogen) atoms. The van der Waals surface area contributed by atoms with Crippen molar-refractivity contribution in [2.45, 2.75) is 45.3 Å². The van der Waals surface area contributed by atoms with Crippen molar-refractivity contribution in [2.24, 2.45) is 0 Å². The van der Waals surface area contributed by atoms with Crippen LogP contribution in [0.4, 0.5) is 0 Å². The van der Waals surface area contributed by atoms with Crippen LogP contribution in [-0.2, 0) is 15.9 Å². The van der Waals surface area contributed by atoms with Crippen molar-refractivity contribution < 1.29 is 14.2 Å². The lowest BCUT2D eigenvalue weighted by atomic mass is 10.1. The Balaban J connectivity index is 1.65. The molecule has 1 aromatic carbocycles. The second kappa shape index (κ2) is 8.18. The zero-order chi connectivity index (χ0) is 13.3. The maximum Gasteiger partial charge on any atom is 0.157 e. The molecule has 1 aromatic rings. The Kier molecular flexibility index (Phi) is 6.18. The van der Waals surface area contributed by atoms with E-state index in [4.69, 9.17) is 14.2 Å². The maximum absolute atomic E-state index is 5.70. The number of benzene rings is 1. The summed E-state index contributed by atoms with van der Waals surface area (Å²) in [5.41, 5.74) is 1.33. The van der Waals surface area contributed by atoms with Gasteiger partial charge in [0.15, 0.2) is 6.29 Å². The van der Waals surface area contributed by atoms with Crippen LogP contribution >= 0.6 is 0 Å². The summed E-state index contributed by atoms with van der Waals surface area (Å²) in [6.45, 7) is 4.17. The first-order valence-electron chi connectivity index (χ1n) is 7.33. The van der Waals surface area contributed by atoms with E-state index in [0.717, 1.165) is 38.0 Å². The summed E-state index contributed by atoms with van der Waals surface area (Å²) in [6, 6.07) is 8.30. The van der Waals surface area contributed by atoms with E-state index in [-0.39, 0.29) is 6.29 Å². The molecule has 1 unspecified atom stereocenters. The molecule has 2 rings (SSSR count). The minimum atomic E-state index is -0.0243. The molecular formula is C16H24O3. The average molecular weight is 264 g/mol. The third-order valence-electron chi connectivity index (χ3n) is 3.23. The quantitative estimate of drug-likeness (QED) is 0.705. The van der Waals surface area contributed by atoms with Crippen molar-refractivity contribution in [1.82, 2.24) is 0 Å². The van der Waals surface area contributed by atoms with Gasteiger partial charge < -0.3 is 14.2 Å². The molecule has 0 aromatic heterocycles. The summed E-state index contributed by atoms with van der Waals surface area (Å²) in [6.07, 6.45) is 5.59. The normalized spacial score (nSPS) is 19.3. The van der Waals surface area contributed by atoms with Gasteiger partial charge in [-0.3, -0.25) is 0 Å². The van der Waals surface area contributed by atoms with Gasteiger partial charge >= 0.3 is 0 Å². The van der Waals surface area contributed by atoms with Gasteiger partial charge in [0.25, 0.3) is 0 Å². The van der Waals surface area contributed by atoms with Gasteiger partial charge in [0, 0.05) is 6.61 Å².